The minimum atomic E-state index is -1.66. The Kier molecular flexibility index (Phi) is 2.94. The molecule has 3 heteroatoms. The molecule has 0 saturated heterocycles. The molecule has 0 amide bonds. The summed E-state index contributed by atoms with van der Waals surface area (Å²) >= 11 is 0. The molecular weight excluding hydrogens is 132 g/mol. The highest BCUT2D eigenvalue weighted by atomic mass is 28.4. The molecular formula is C5H16OSi2. The van der Waals surface area contributed by atoms with Crippen LogP contribution in [0.4, 0.5) is 0 Å². The van der Waals surface area contributed by atoms with E-state index in [4.69, 9.17) is 0 Å². The normalized spacial score (nSPS) is 12.8. The molecule has 0 bridgehead atoms. The summed E-state index contributed by atoms with van der Waals surface area (Å²) in [6.07, 6.45) is 0. The summed E-state index contributed by atoms with van der Waals surface area (Å²) in [5.41, 5.74) is 1.16. The lowest BCUT2D eigenvalue weighted by atomic mass is 11.8. The van der Waals surface area contributed by atoms with Gasteiger partial charge in [0.2, 0.25) is 0 Å². The topological polar surface area (TPSA) is 20.2 Å². The average molecular weight is 148 g/mol. The number of hydrogen-bond donors (Lipinski definition) is 1. The van der Waals surface area contributed by atoms with Crippen LogP contribution in [-0.2, 0) is 0 Å². The van der Waals surface area contributed by atoms with Crippen LogP contribution in [0, 0.1) is 0 Å². The number of rotatable bonds is 2. The molecule has 0 aliphatic heterocycles. The minimum Gasteiger partial charge on any atom is -0.433 e. The van der Waals surface area contributed by atoms with Crippen molar-refractivity contribution in [3.05, 3.63) is 0 Å². The number of hydrogen-bond acceptors (Lipinski definition) is 1. The molecule has 0 aliphatic rings. The molecule has 0 aromatic carbocycles. The fourth-order valence-electron chi connectivity index (χ4n) is 0.999. The van der Waals surface area contributed by atoms with E-state index in [0.29, 0.717) is 0 Å². The molecule has 8 heavy (non-hydrogen) atoms. The molecule has 0 aromatic heterocycles. The Bertz CT molecular complexity index is 65.3. The Hall–Kier alpha value is 0.394. The Balaban J connectivity index is 3.39. The first-order valence-corrected chi connectivity index (χ1v) is 9.42. The van der Waals surface area contributed by atoms with E-state index in [9.17, 15) is 4.80 Å². The van der Waals surface area contributed by atoms with E-state index in [1.807, 2.05) is 13.1 Å². The molecule has 0 rings (SSSR count). The van der Waals surface area contributed by atoms with Gasteiger partial charge in [0.1, 0.15) is 0 Å². The zero-order chi connectivity index (χ0) is 6.78. The third-order valence-electron chi connectivity index (χ3n) is 0.908. The first-order chi connectivity index (χ1) is 3.42. The van der Waals surface area contributed by atoms with Crippen LogP contribution >= 0.6 is 0 Å². The van der Waals surface area contributed by atoms with Crippen LogP contribution in [-0.4, -0.2) is 21.9 Å². The van der Waals surface area contributed by atoms with Crippen molar-refractivity contribution in [1.82, 2.24) is 0 Å². The van der Waals surface area contributed by atoms with Crippen LogP contribution in [0.15, 0.2) is 0 Å². The molecule has 0 unspecified atom stereocenters. The standard InChI is InChI=1S/C5H16OSi2/c1-7(2)5-8(3,4)6/h6-7H,5H2,1-4H3. The second kappa shape index (κ2) is 2.80. The van der Waals surface area contributed by atoms with Gasteiger partial charge in [-0.1, -0.05) is 13.1 Å². The fraction of sp³-hybridized carbons (Fsp3) is 1.00. The van der Waals surface area contributed by atoms with Crippen LogP contribution in [0.1, 0.15) is 0 Å². The zero-order valence-electron chi connectivity index (χ0n) is 6.23. The molecule has 0 aliphatic carbocycles. The van der Waals surface area contributed by atoms with Crippen LogP contribution in [0.5, 0.6) is 0 Å². The van der Waals surface area contributed by atoms with Gasteiger partial charge in [-0.15, -0.1) is 0 Å². The summed E-state index contributed by atoms with van der Waals surface area (Å²) in [7, 11) is -2.14. The van der Waals surface area contributed by atoms with Crippen LogP contribution in [0.3, 0.4) is 0 Å². The minimum absolute atomic E-state index is 0.484. The molecule has 0 saturated carbocycles. The first-order valence-electron chi connectivity index (χ1n) is 3.14. The van der Waals surface area contributed by atoms with Gasteiger partial charge in [0.25, 0.3) is 0 Å². The van der Waals surface area contributed by atoms with Gasteiger partial charge in [0, 0.05) is 8.80 Å². The Morgan fingerprint density at radius 2 is 1.75 bits per heavy atom. The summed E-state index contributed by atoms with van der Waals surface area (Å²) in [4.78, 5) is 9.36. The molecule has 0 spiro atoms. The fourth-order valence-corrected chi connectivity index (χ4v) is 8.99. The Morgan fingerprint density at radius 3 is 1.75 bits per heavy atom. The predicted molar refractivity (Wildman–Crippen MR) is 43.4 cm³/mol. The molecule has 50 valence electrons. The van der Waals surface area contributed by atoms with Crippen molar-refractivity contribution in [2.24, 2.45) is 0 Å². The average Bonchev–Trinajstić information content (AvgIpc) is 1.21. The Morgan fingerprint density at radius 1 is 1.38 bits per heavy atom. The van der Waals surface area contributed by atoms with Gasteiger partial charge < -0.3 is 4.80 Å². The molecule has 0 fully saturated rings. The van der Waals surface area contributed by atoms with Crippen molar-refractivity contribution in [3.63, 3.8) is 0 Å². The molecule has 1 nitrogen and oxygen atoms in total. The summed E-state index contributed by atoms with van der Waals surface area (Å²) in [6.45, 7) is 8.59. The highest BCUT2D eigenvalue weighted by Crippen LogP contribution is 2.06. The van der Waals surface area contributed by atoms with Crippen molar-refractivity contribution in [2.45, 2.75) is 31.9 Å². The smallest absolute Gasteiger partial charge is 0.179 e. The van der Waals surface area contributed by atoms with Gasteiger partial charge in [-0.2, -0.15) is 0 Å². The maximum atomic E-state index is 9.36. The maximum Gasteiger partial charge on any atom is 0.179 e. The monoisotopic (exact) mass is 148 g/mol. The van der Waals surface area contributed by atoms with Crippen molar-refractivity contribution in [3.8, 4) is 0 Å². The van der Waals surface area contributed by atoms with Crippen LogP contribution in [0.2, 0.25) is 31.9 Å². The van der Waals surface area contributed by atoms with Gasteiger partial charge in [-0.05, 0) is 18.8 Å². The first kappa shape index (κ1) is 8.39. The lowest BCUT2D eigenvalue weighted by Gasteiger charge is -2.14. The van der Waals surface area contributed by atoms with Gasteiger partial charge in [-0.3, -0.25) is 0 Å². The molecule has 0 heterocycles. The van der Waals surface area contributed by atoms with Crippen molar-refractivity contribution in [1.29, 1.82) is 0 Å². The third-order valence-corrected chi connectivity index (χ3v) is 8.17. The van der Waals surface area contributed by atoms with E-state index in [1.54, 1.807) is 0 Å². The quantitative estimate of drug-likeness (QED) is 0.584. The largest absolute Gasteiger partial charge is 0.433 e. The lowest BCUT2D eigenvalue weighted by molar-refractivity contribution is 0.557. The summed E-state index contributed by atoms with van der Waals surface area (Å²) in [5, 5.41) is 0. The van der Waals surface area contributed by atoms with E-state index in [0.717, 1.165) is 5.67 Å². The van der Waals surface area contributed by atoms with Gasteiger partial charge in [-0.25, -0.2) is 0 Å². The summed E-state index contributed by atoms with van der Waals surface area (Å²) < 4.78 is 0. The highest BCUT2D eigenvalue weighted by molar-refractivity contribution is 6.82. The molecule has 0 radical (unpaired) electrons. The second-order valence-electron chi connectivity index (χ2n) is 3.41. The second-order valence-corrected chi connectivity index (χ2v) is 11.5. The molecule has 0 atom stereocenters. The van der Waals surface area contributed by atoms with Crippen LogP contribution in [0.25, 0.3) is 0 Å². The summed E-state index contributed by atoms with van der Waals surface area (Å²) in [5.74, 6) is 0. The lowest BCUT2D eigenvalue weighted by Crippen LogP contribution is -2.29. The van der Waals surface area contributed by atoms with E-state index in [-0.39, 0.29) is 0 Å². The maximum absolute atomic E-state index is 9.36. The molecule has 0 aromatic rings. The van der Waals surface area contributed by atoms with Crippen molar-refractivity contribution in [2.75, 3.05) is 0 Å². The van der Waals surface area contributed by atoms with Gasteiger partial charge >= 0.3 is 0 Å². The van der Waals surface area contributed by atoms with E-state index >= 15 is 0 Å². The zero-order valence-corrected chi connectivity index (χ0v) is 8.39. The van der Waals surface area contributed by atoms with Gasteiger partial charge in [0.05, 0.1) is 0 Å². The van der Waals surface area contributed by atoms with E-state index in [1.165, 1.54) is 0 Å². The van der Waals surface area contributed by atoms with Gasteiger partial charge in [0.15, 0.2) is 8.32 Å². The third kappa shape index (κ3) is 6.39. The van der Waals surface area contributed by atoms with E-state index < -0.39 is 17.1 Å². The van der Waals surface area contributed by atoms with Crippen LogP contribution < -0.4 is 0 Å². The SMILES string of the molecule is C[SiH](C)C[Si](C)(C)O. The van der Waals surface area contributed by atoms with Crippen molar-refractivity contribution < 1.29 is 4.80 Å². The summed E-state index contributed by atoms with van der Waals surface area (Å²) in [6, 6.07) is 0. The van der Waals surface area contributed by atoms with E-state index in [2.05, 4.69) is 13.1 Å². The molecule has 1 N–H and O–H groups in total. The Labute approximate surface area is 54.5 Å². The van der Waals surface area contributed by atoms with Crippen molar-refractivity contribution >= 4 is 17.1 Å². The highest BCUT2D eigenvalue weighted by Gasteiger charge is 2.18. The predicted octanol–water partition coefficient (Wildman–Crippen LogP) is 1.21.